The molecule has 0 N–H and O–H groups in total. The van der Waals surface area contributed by atoms with Crippen LogP contribution in [0.5, 0.6) is 0 Å². The van der Waals surface area contributed by atoms with Crippen LogP contribution in [-0.2, 0) is 4.79 Å². The monoisotopic (exact) mass is 302 g/mol. The number of hydrogen-bond acceptors (Lipinski definition) is 1. The molecule has 1 aliphatic rings. The van der Waals surface area contributed by atoms with Crippen LogP contribution < -0.4 is 0 Å². The van der Waals surface area contributed by atoms with Crippen LogP contribution in [0.2, 0.25) is 5.02 Å². The maximum absolute atomic E-state index is 11.4. The van der Waals surface area contributed by atoms with Crippen molar-refractivity contribution in [3.63, 3.8) is 0 Å². The molecule has 1 aromatic rings. The van der Waals surface area contributed by atoms with E-state index in [4.69, 9.17) is 34.8 Å². The minimum Gasteiger partial charge on any atom is -0.281 e. The second kappa shape index (κ2) is 4.88. The predicted octanol–water partition coefficient (Wildman–Crippen LogP) is 4.96. The molecule has 1 aliphatic carbocycles. The molecule has 0 aromatic heterocycles. The molecule has 0 amide bonds. The summed E-state index contributed by atoms with van der Waals surface area (Å²) in [5.41, 5.74) is 3.32. The molecular formula is C14H13Cl3O. The van der Waals surface area contributed by atoms with Gasteiger partial charge in [0.1, 0.15) is 0 Å². The second-order valence-electron chi connectivity index (χ2n) is 5.15. The maximum Gasteiger partial charge on any atom is 0.225 e. The van der Waals surface area contributed by atoms with Crippen molar-refractivity contribution in [2.45, 2.75) is 13.8 Å². The minimum absolute atomic E-state index is 0.0705. The molecule has 0 heterocycles. The SMILES string of the molecule is CC1(C)[C@H](C(=O)Cl)[C@H]1/C(=C/Cl)c1ccc(Cl)cc1. The summed E-state index contributed by atoms with van der Waals surface area (Å²) >= 11 is 17.4. The van der Waals surface area contributed by atoms with Crippen LogP contribution in [0.3, 0.4) is 0 Å². The molecule has 0 unspecified atom stereocenters. The molecule has 1 nitrogen and oxygen atoms in total. The lowest BCUT2D eigenvalue weighted by molar-refractivity contribution is -0.113. The molecule has 18 heavy (non-hydrogen) atoms. The maximum atomic E-state index is 11.4. The first-order valence-corrected chi connectivity index (χ1v) is 6.84. The van der Waals surface area contributed by atoms with E-state index < -0.39 is 0 Å². The van der Waals surface area contributed by atoms with Gasteiger partial charge in [-0.25, -0.2) is 0 Å². The summed E-state index contributed by atoms with van der Waals surface area (Å²) in [6.45, 7) is 4.05. The number of hydrogen-bond donors (Lipinski definition) is 0. The third-order valence-electron chi connectivity index (χ3n) is 3.70. The van der Waals surface area contributed by atoms with Crippen molar-refractivity contribution in [2.24, 2.45) is 17.3 Å². The summed E-state index contributed by atoms with van der Waals surface area (Å²) in [4.78, 5) is 11.4. The first kappa shape index (κ1) is 13.9. The van der Waals surface area contributed by atoms with Gasteiger partial charge in [0, 0.05) is 22.4 Å². The summed E-state index contributed by atoms with van der Waals surface area (Å²) in [6, 6.07) is 7.43. The standard InChI is InChI=1S/C14H13Cl3O/c1-14(2)11(12(14)13(17)18)10(7-15)8-3-5-9(16)6-4-8/h3-7,11-12H,1-2H3/b10-7+/t11-,12+/m1/s1. The van der Waals surface area contributed by atoms with E-state index in [1.54, 1.807) is 0 Å². The first-order chi connectivity index (χ1) is 8.39. The van der Waals surface area contributed by atoms with Gasteiger partial charge in [-0.3, -0.25) is 4.79 Å². The molecule has 4 heteroatoms. The summed E-state index contributed by atoms with van der Waals surface area (Å²) in [5, 5.41) is 0.377. The van der Waals surface area contributed by atoms with Crippen molar-refractivity contribution >= 4 is 45.6 Å². The fourth-order valence-electron chi connectivity index (χ4n) is 2.59. The van der Waals surface area contributed by atoms with Crippen molar-refractivity contribution < 1.29 is 4.79 Å². The highest BCUT2D eigenvalue weighted by molar-refractivity contribution is 6.64. The zero-order valence-electron chi connectivity index (χ0n) is 10.1. The lowest BCUT2D eigenvalue weighted by Crippen LogP contribution is -1.96. The number of allylic oxidation sites excluding steroid dienone is 1. The van der Waals surface area contributed by atoms with E-state index >= 15 is 0 Å². The van der Waals surface area contributed by atoms with Crippen molar-refractivity contribution in [1.82, 2.24) is 0 Å². The largest absolute Gasteiger partial charge is 0.281 e. The predicted molar refractivity (Wildman–Crippen MR) is 76.9 cm³/mol. The molecule has 0 bridgehead atoms. The Kier molecular flexibility index (Phi) is 3.77. The lowest BCUT2D eigenvalue weighted by Gasteiger charge is -2.08. The molecule has 96 valence electrons. The Bertz CT molecular complexity index is 502. The highest BCUT2D eigenvalue weighted by Crippen LogP contribution is 2.64. The number of carbonyl (C=O) groups excluding carboxylic acids is 1. The van der Waals surface area contributed by atoms with Gasteiger partial charge in [-0.2, -0.15) is 0 Å². The Hall–Kier alpha value is -0.500. The highest BCUT2D eigenvalue weighted by atomic mass is 35.5. The average molecular weight is 304 g/mol. The van der Waals surface area contributed by atoms with E-state index in [1.807, 2.05) is 38.1 Å². The second-order valence-corrected chi connectivity index (χ2v) is 6.18. The van der Waals surface area contributed by atoms with E-state index in [9.17, 15) is 4.79 Å². The molecule has 2 rings (SSSR count). The fraction of sp³-hybridized carbons (Fsp3) is 0.357. The van der Waals surface area contributed by atoms with E-state index in [0.717, 1.165) is 11.1 Å². The number of rotatable bonds is 3. The first-order valence-electron chi connectivity index (χ1n) is 5.65. The molecule has 0 radical (unpaired) electrons. The molecule has 0 aliphatic heterocycles. The van der Waals surface area contributed by atoms with E-state index in [-0.39, 0.29) is 22.5 Å². The summed E-state index contributed by atoms with van der Waals surface area (Å²) in [6.07, 6.45) is 0. The number of benzene rings is 1. The third kappa shape index (κ3) is 2.32. The van der Waals surface area contributed by atoms with Crippen molar-refractivity contribution in [1.29, 1.82) is 0 Å². The molecule has 1 saturated carbocycles. The molecule has 0 spiro atoms. The zero-order valence-corrected chi connectivity index (χ0v) is 12.4. The molecule has 1 fully saturated rings. The van der Waals surface area contributed by atoms with Gasteiger partial charge >= 0.3 is 0 Å². The normalized spacial score (nSPS) is 25.9. The topological polar surface area (TPSA) is 17.1 Å². The number of halogens is 3. The molecule has 2 atom stereocenters. The van der Waals surface area contributed by atoms with Gasteiger partial charge in [-0.15, -0.1) is 0 Å². The quantitative estimate of drug-likeness (QED) is 0.721. The van der Waals surface area contributed by atoms with Crippen molar-refractivity contribution in [3.05, 3.63) is 40.4 Å². The van der Waals surface area contributed by atoms with Gasteiger partial charge in [0.25, 0.3) is 0 Å². The van der Waals surface area contributed by atoms with Crippen LogP contribution in [0.1, 0.15) is 19.4 Å². The van der Waals surface area contributed by atoms with Gasteiger partial charge in [0.2, 0.25) is 5.24 Å². The van der Waals surface area contributed by atoms with E-state index in [1.165, 1.54) is 5.54 Å². The summed E-state index contributed by atoms with van der Waals surface area (Å²) in [7, 11) is 0. The van der Waals surface area contributed by atoms with Crippen molar-refractivity contribution in [3.8, 4) is 0 Å². The van der Waals surface area contributed by atoms with Gasteiger partial charge < -0.3 is 0 Å². The molecule has 1 aromatic carbocycles. The Morgan fingerprint density at radius 3 is 2.17 bits per heavy atom. The van der Waals surface area contributed by atoms with E-state index in [0.29, 0.717) is 5.02 Å². The highest BCUT2D eigenvalue weighted by Gasteiger charge is 2.62. The Morgan fingerprint density at radius 2 is 1.78 bits per heavy atom. The van der Waals surface area contributed by atoms with Crippen molar-refractivity contribution in [2.75, 3.05) is 0 Å². The van der Waals surface area contributed by atoms with Crippen LogP contribution in [-0.4, -0.2) is 5.24 Å². The van der Waals surface area contributed by atoms with Crippen LogP contribution in [0.4, 0.5) is 0 Å². The Labute approximate surface area is 122 Å². The summed E-state index contributed by atoms with van der Waals surface area (Å²) in [5.74, 6) is -0.0963. The van der Waals surface area contributed by atoms with Crippen LogP contribution in [0, 0.1) is 17.3 Å². The lowest BCUT2D eigenvalue weighted by atomic mass is 9.98. The van der Waals surface area contributed by atoms with Crippen LogP contribution in [0.25, 0.3) is 5.57 Å². The molecule has 0 saturated heterocycles. The smallest absolute Gasteiger partial charge is 0.225 e. The van der Waals surface area contributed by atoms with Gasteiger partial charge in [-0.1, -0.05) is 49.2 Å². The summed E-state index contributed by atoms with van der Waals surface area (Å²) < 4.78 is 0. The van der Waals surface area contributed by atoms with Gasteiger partial charge in [0.05, 0.1) is 0 Å². The third-order valence-corrected chi connectivity index (χ3v) is 4.42. The molecular weight excluding hydrogens is 291 g/mol. The minimum atomic E-state index is -0.296. The fourth-order valence-corrected chi connectivity index (χ4v) is 3.39. The average Bonchev–Trinajstić information content (AvgIpc) is 2.86. The Morgan fingerprint density at radius 1 is 1.22 bits per heavy atom. The van der Waals surface area contributed by atoms with Gasteiger partial charge in [0.15, 0.2) is 0 Å². The van der Waals surface area contributed by atoms with Crippen LogP contribution in [0.15, 0.2) is 29.8 Å². The van der Waals surface area contributed by atoms with E-state index in [2.05, 4.69) is 0 Å². The Balaban J connectivity index is 2.32. The number of carbonyl (C=O) groups is 1. The van der Waals surface area contributed by atoms with Crippen LogP contribution >= 0.6 is 34.8 Å². The zero-order chi connectivity index (χ0) is 13.5. The van der Waals surface area contributed by atoms with Gasteiger partial charge in [-0.05, 0) is 40.3 Å².